The van der Waals surface area contributed by atoms with Gasteiger partial charge < -0.3 is 18.9 Å². The zero-order chi connectivity index (χ0) is 12.4. The fourth-order valence-electron chi connectivity index (χ4n) is 1.54. The van der Waals surface area contributed by atoms with Crippen LogP contribution in [0.5, 0.6) is 17.2 Å². The number of hydrogen-bond donors (Lipinski definition) is 0. The largest absolute Gasteiger partial charge is 0.493 e. The Balaban J connectivity index is 2.39. The van der Waals surface area contributed by atoms with Crippen LogP contribution in [-0.4, -0.2) is 27.0 Å². The average Bonchev–Trinajstić information content (AvgIpc) is 2.83. The van der Waals surface area contributed by atoms with Gasteiger partial charge in [0.15, 0.2) is 11.5 Å². The number of rotatable bonds is 3. The standard InChI is InChI=1S/C11H11BrO5/c1-14-7-3-6(9(12)11(13)15-2)4-8-10(7)17-5-16-8/h3-4,9H,5H2,1-2H3. The summed E-state index contributed by atoms with van der Waals surface area (Å²) in [5.41, 5.74) is 0.693. The Hall–Kier alpha value is -1.43. The molecule has 0 aromatic heterocycles. The van der Waals surface area contributed by atoms with Crippen LogP contribution < -0.4 is 14.2 Å². The molecule has 0 fully saturated rings. The third kappa shape index (κ3) is 2.17. The molecule has 1 aromatic carbocycles. The summed E-state index contributed by atoms with van der Waals surface area (Å²) in [5, 5.41) is 0. The maximum Gasteiger partial charge on any atom is 0.324 e. The molecule has 0 saturated heterocycles. The summed E-state index contributed by atoms with van der Waals surface area (Å²) in [6.45, 7) is 0.153. The molecular weight excluding hydrogens is 292 g/mol. The molecule has 0 spiro atoms. The fraction of sp³-hybridized carbons (Fsp3) is 0.364. The van der Waals surface area contributed by atoms with E-state index in [0.29, 0.717) is 22.8 Å². The molecule has 1 aliphatic rings. The molecule has 6 heteroatoms. The summed E-state index contributed by atoms with van der Waals surface area (Å²) in [4.78, 5) is 10.9. The summed E-state index contributed by atoms with van der Waals surface area (Å²) >= 11 is 3.26. The average molecular weight is 303 g/mol. The molecule has 0 bridgehead atoms. The van der Waals surface area contributed by atoms with Gasteiger partial charge in [0.2, 0.25) is 12.5 Å². The summed E-state index contributed by atoms with van der Waals surface area (Å²) in [5.74, 6) is 1.27. The van der Waals surface area contributed by atoms with E-state index in [9.17, 15) is 4.79 Å². The number of fused-ring (bicyclic) bond motifs is 1. The lowest BCUT2D eigenvalue weighted by Gasteiger charge is -2.11. The molecule has 0 saturated carbocycles. The molecule has 1 aromatic rings. The Morgan fingerprint density at radius 1 is 1.41 bits per heavy atom. The van der Waals surface area contributed by atoms with E-state index < -0.39 is 4.83 Å². The first kappa shape index (κ1) is 12.0. The van der Waals surface area contributed by atoms with Crippen molar-refractivity contribution in [1.82, 2.24) is 0 Å². The monoisotopic (exact) mass is 302 g/mol. The lowest BCUT2D eigenvalue weighted by molar-refractivity contribution is -0.139. The van der Waals surface area contributed by atoms with Crippen molar-refractivity contribution in [3.8, 4) is 17.2 Å². The van der Waals surface area contributed by atoms with Crippen LogP contribution in [0.2, 0.25) is 0 Å². The van der Waals surface area contributed by atoms with Gasteiger partial charge in [-0.1, -0.05) is 15.9 Å². The summed E-state index contributed by atoms with van der Waals surface area (Å²) in [6, 6.07) is 3.44. The number of carbonyl (C=O) groups excluding carboxylic acids is 1. The molecule has 1 aliphatic heterocycles. The van der Waals surface area contributed by atoms with Crippen LogP contribution in [0.4, 0.5) is 0 Å². The molecule has 1 heterocycles. The van der Waals surface area contributed by atoms with Crippen molar-refractivity contribution in [2.75, 3.05) is 21.0 Å². The van der Waals surface area contributed by atoms with Crippen molar-refractivity contribution < 1.29 is 23.7 Å². The second-order valence-electron chi connectivity index (χ2n) is 3.34. The summed E-state index contributed by atoms with van der Waals surface area (Å²) < 4.78 is 20.4. The second-order valence-corrected chi connectivity index (χ2v) is 4.26. The molecular formula is C11H11BrO5. The first-order valence-electron chi connectivity index (χ1n) is 4.86. The predicted molar refractivity (Wildman–Crippen MR) is 62.8 cm³/mol. The minimum atomic E-state index is -0.559. The van der Waals surface area contributed by atoms with Crippen LogP contribution in [-0.2, 0) is 9.53 Å². The van der Waals surface area contributed by atoms with Gasteiger partial charge in [0.05, 0.1) is 14.2 Å². The number of carbonyl (C=O) groups is 1. The molecule has 0 N–H and O–H groups in total. The van der Waals surface area contributed by atoms with E-state index in [1.54, 1.807) is 12.1 Å². The first-order valence-corrected chi connectivity index (χ1v) is 5.78. The van der Waals surface area contributed by atoms with Crippen LogP contribution in [0.25, 0.3) is 0 Å². The summed E-state index contributed by atoms with van der Waals surface area (Å²) in [6.07, 6.45) is 0. The molecule has 2 rings (SSSR count). The van der Waals surface area contributed by atoms with Crippen molar-refractivity contribution >= 4 is 21.9 Å². The maximum atomic E-state index is 11.4. The highest BCUT2D eigenvalue weighted by atomic mass is 79.9. The smallest absolute Gasteiger partial charge is 0.324 e. The van der Waals surface area contributed by atoms with E-state index in [0.717, 1.165) is 0 Å². The number of halogens is 1. The predicted octanol–water partition coefficient (Wildman–Crippen LogP) is 2.03. The quantitative estimate of drug-likeness (QED) is 0.632. The summed E-state index contributed by atoms with van der Waals surface area (Å²) in [7, 11) is 2.86. The number of alkyl halides is 1. The maximum absolute atomic E-state index is 11.4. The number of ether oxygens (including phenoxy) is 4. The normalized spacial score (nSPS) is 14.3. The molecule has 0 aliphatic carbocycles. The van der Waals surface area contributed by atoms with Gasteiger partial charge in [-0.2, -0.15) is 0 Å². The first-order chi connectivity index (χ1) is 8.17. The molecule has 17 heavy (non-hydrogen) atoms. The number of hydrogen-bond acceptors (Lipinski definition) is 5. The lowest BCUT2D eigenvalue weighted by Crippen LogP contribution is -2.08. The topological polar surface area (TPSA) is 54.0 Å². The zero-order valence-corrected chi connectivity index (χ0v) is 10.9. The van der Waals surface area contributed by atoms with E-state index in [2.05, 4.69) is 20.7 Å². The lowest BCUT2D eigenvalue weighted by atomic mass is 10.1. The van der Waals surface area contributed by atoms with E-state index >= 15 is 0 Å². The van der Waals surface area contributed by atoms with E-state index in [4.69, 9.17) is 14.2 Å². The van der Waals surface area contributed by atoms with Crippen molar-refractivity contribution in [2.24, 2.45) is 0 Å². The Morgan fingerprint density at radius 3 is 2.82 bits per heavy atom. The van der Waals surface area contributed by atoms with Gasteiger partial charge in [-0.15, -0.1) is 0 Å². The van der Waals surface area contributed by atoms with Crippen LogP contribution in [0.3, 0.4) is 0 Å². The van der Waals surface area contributed by atoms with Crippen molar-refractivity contribution in [3.63, 3.8) is 0 Å². The van der Waals surface area contributed by atoms with Crippen LogP contribution >= 0.6 is 15.9 Å². The van der Waals surface area contributed by atoms with Gasteiger partial charge in [0, 0.05) is 0 Å². The fourth-order valence-corrected chi connectivity index (χ4v) is 1.99. The van der Waals surface area contributed by atoms with Gasteiger partial charge >= 0.3 is 5.97 Å². The highest BCUT2D eigenvalue weighted by Gasteiger charge is 2.25. The van der Waals surface area contributed by atoms with Crippen molar-refractivity contribution in [2.45, 2.75) is 4.83 Å². The SMILES string of the molecule is COC(=O)C(Br)c1cc(OC)c2c(c1)OCO2. The van der Waals surface area contributed by atoms with Crippen LogP contribution in [0.15, 0.2) is 12.1 Å². The van der Waals surface area contributed by atoms with Crippen LogP contribution in [0, 0.1) is 0 Å². The molecule has 1 atom stereocenters. The van der Waals surface area contributed by atoms with Crippen LogP contribution in [0.1, 0.15) is 10.4 Å². The van der Waals surface area contributed by atoms with Gasteiger partial charge in [-0.05, 0) is 17.7 Å². The van der Waals surface area contributed by atoms with E-state index in [1.807, 2.05) is 0 Å². The molecule has 5 nitrogen and oxygen atoms in total. The molecule has 0 radical (unpaired) electrons. The van der Waals surface area contributed by atoms with Crippen molar-refractivity contribution in [1.29, 1.82) is 0 Å². The Labute approximate surface area is 107 Å². The minimum Gasteiger partial charge on any atom is -0.493 e. The highest BCUT2D eigenvalue weighted by Crippen LogP contribution is 2.44. The number of esters is 1. The molecule has 0 amide bonds. The third-order valence-corrected chi connectivity index (χ3v) is 3.28. The zero-order valence-electron chi connectivity index (χ0n) is 9.36. The van der Waals surface area contributed by atoms with Gasteiger partial charge in [0.25, 0.3) is 0 Å². The molecule has 92 valence electrons. The third-order valence-electron chi connectivity index (χ3n) is 2.38. The highest BCUT2D eigenvalue weighted by molar-refractivity contribution is 9.09. The Bertz CT molecular complexity index is 446. The molecule has 1 unspecified atom stereocenters. The van der Waals surface area contributed by atoms with E-state index in [-0.39, 0.29) is 12.8 Å². The Morgan fingerprint density at radius 2 is 2.18 bits per heavy atom. The van der Waals surface area contributed by atoms with E-state index in [1.165, 1.54) is 14.2 Å². The number of benzene rings is 1. The second kappa shape index (κ2) is 4.83. The van der Waals surface area contributed by atoms with Gasteiger partial charge in [-0.25, -0.2) is 0 Å². The number of methoxy groups -OCH3 is 2. The van der Waals surface area contributed by atoms with Gasteiger partial charge in [-0.3, -0.25) is 4.79 Å². The van der Waals surface area contributed by atoms with Gasteiger partial charge in [0.1, 0.15) is 4.83 Å². The van der Waals surface area contributed by atoms with Crippen molar-refractivity contribution in [3.05, 3.63) is 17.7 Å². The Kier molecular flexibility index (Phi) is 3.42. The minimum absolute atomic E-state index is 0.153.